The van der Waals surface area contributed by atoms with Crippen molar-refractivity contribution in [2.24, 2.45) is 0 Å². The van der Waals surface area contributed by atoms with E-state index in [9.17, 15) is 4.79 Å². The normalized spacial score (nSPS) is 12.0. The van der Waals surface area contributed by atoms with E-state index in [1.54, 1.807) is 0 Å². The predicted molar refractivity (Wildman–Crippen MR) is 122 cm³/mol. The molecule has 1 atom stereocenters. The number of hydrogen-bond donors (Lipinski definition) is 1. The summed E-state index contributed by atoms with van der Waals surface area (Å²) < 4.78 is 0. The van der Waals surface area contributed by atoms with Crippen molar-refractivity contribution in [1.82, 2.24) is 10.2 Å². The second-order valence-corrected chi connectivity index (χ2v) is 8.13. The van der Waals surface area contributed by atoms with Crippen LogP contribution >= 0.6 is 23.2 Å². The predicted octanol–water partition coefficient (Wildman–Crippen LogP) is 6.08. The monoisotopic (exact) mass is 426 g/mol. The van der Waals surface area contributed by atoms with Crippen LogP contribution in [0.15, 0.2) is 72.8 Å². The molecule has 0 aliphatic carbocycles. The SMILES string of the molecule is CN(C)CC[C@H](NC(=O)c1cccc(-c2ccc(Cl)cc2)c1)c1ccc(Cl)cc1. The van der Waals surface area contributed by atoms with Crippen molar-refractivity contribution in [3.63, 3.8) is 0 Å². The number of carbonyl (C=O) groups excluding carboxylic acids is 1. The molecule has 3 aromatic rings. The van der Waals surface area contributed by atoms with Crippen LogP contribution in [-0.2, 0) is 0 Å². The summed E-state index contributed by atoms with van der Waals surface area (Å²) in [5.74, 6) is -0.0977. The zero-order valence-corrected chi connectivity index (χ0v) is 18.0. The van der Waals surface area contributed by atoms with Gasteiger partial charge in [0.15, 0.2) is 0 Å². The van der Waals surface area contributed by atoms with Crippen LogP contribution in [0.1, 0.15) is 28.4 Å². The maximum atomic E-state index is 13.0. The van der Waals surface area contributed by atoms with E-state index in [2.05, 4.69) is 10.2 Å². The quantitative estimate of drug-likeness (QED) is 0.495. The Balaban J connectivity index is 1.80. The van der Waals surface area contributed by atoms with Crippen LogP contribution in [0.25, 0.3) is 11.1 Å². The first-order valence-electron chi connectivity index (χ1n) is 9.49. The Morgan fingerprint density at radius 2 is 1.52 bits per heavy atom. The molecule has 150 valence electrons. The third kappa shape index (κ3) is 6.07. The summed E-state index contributed by atoms with van der Waals surface area (Å²) in [5, 5.41) is 4.55. The first-order chi connectivity index (χ1) is 13.9. The van der Waals surface area contributed by atoms with Crippen LogP contribution in [-0.4, -0.2) is 31.4 Å². The molecule has 5 heteroatoms. The third-order valence-corrected chi connectivity index (χ3v) is 5.25. The standard InChI is InChI=1S/C24H24Cl2N2O/c1-28(2)15-14-23(18-8-12-22(26)13-9-18)27-24(29)20-5-3-4-19(16-20)17-6-10-21(25)11-7-17/h3-13,16,23H,14-15H2,1-2H3,(H,27,29)/t23-/m0/s1. The van der Waals surface area contributed by atoms with E-state index in [0.717, 1.165) is 29.7 Å². The first kappa shape index (κ1) is 21.4. The Kier molecular flexibility index (Phi) is 7.32. The number of rotatable bonds is 7. The molecule has 0 unspecified atom stereocenters. The van der Waals surface area contributed by atoms with Gasteiger partial charge in [-0.25, -0.2) is 0 Å². The zero-order chi connectivity index (χ0) is 20.8. The third-order valence-electron chi connectivity index (χ3n) is 4.75. The van der Waals surface area contributed by atoms with Crippen molar-refractivity contribution in [1.29, 1.82) is 0 Å². The lowest BCUT2D eigenvalue weighted by Crippen LogP contribution is -2.31. The molecule has 3 rings (SSSR count). The molecule has 1 amide bonds. The number of benzene rings is 3. The van der Waals surface area contributed by atoms with Gasteiger partial charge in [-0.3, -0.25) is 4.79 Å². The molecule has 0 aliphatic heterocycles. The fraction of sp³-hybridized carbons (Fsp3) is 0.208. The molecule has 0 bridgehead atoms. The summed E-state index contributed by atoms with van der Waals surface area (Å²) in [6.45, 7) is 0.860. The van der Waals surface area contributed by atoms with E-state index in [1.807, 2.05) is 86.9 Å². The number of nitrogens with one attached hydrogen (secondary N) is 1. The Bertz CT molecular complexity index is 953. The molecule has 0 spiro atoms. The Labute approximate surface area is 182 Å². The van der Waals surface area contributed by atoms with Crippen LogP contribution in [0.2, 0.25) is 10.0 Å². The van der Waals surface area contributed by atoms with Gasteiger partial charge in [-0.2, -0.15) is 0 Å². The largest absolute Gasteiger partial charge is 0.345 e. The average Bonchev–Trinajstić information content (AvgIpc) is 2.72. The summed E-state index contributed by atoms with van der Waals surface area (Å²) >= 11 is 12.0. The molecule has 0 fully saturated rings. The highest BCUT2D eigenvalue weighted by atomic mass is 35.5. The molecule has 1 N–H and O–H groups in total. The summed E-state index contributed by atoms with van der Waals surface area (Å²) in [4.78, 5) is 15.1. The van der Waals surface area contributed by atoms with Gasteiger partial charge in [0.1, 0.15) is 0 Å². The summed E-state index contributed by atoms with van der Waals surface area (Å²) in [6.07, 6.45) is 0.803. The Hall–Kier alpha value is -2.33. The number of hydrogen-bond acceptors (Lipinski definition) is 2. The van der Waals surface area contributed by atoms with E-state index in [0.29, 0.717) is 15.6 Å². The van der Waals surface area contributed by atoms with E-state index in [1.165, 1.54) is 0 Å². The van der Waals surface area contributed by atoms with Crippen LogP contribution in [0.5, 0.6) is 0 Å². The Morgan fingerprint density at radius 3 is 2.14 bits per heavy atom. The van der Waals surface area contributed by atoms with Gasteiger partial charge in [0, 0.05) is 15.6 Å². The van der Waals surface area contributed by atoms with Crippen LogP contribution in [0.4, 0.5) is 0 Å². The van der Waals surface area contributed by atoms with Gasteiger partial charge >= 0.3 is 0 Å². The van der Waals surface area contributed by atoms with Crippen molar-refractivity contribution < 1.29 is 4.79 Å². The summed E-state index contributed by atoms with van der Waals surface area (Å²) in [6, 6.07) is 22.8. The lowest BCUT2D eigenvalue weighted by Gasteiger charge is -2.21. The van der Waals surface area contributed by atoms with Crippen molar-refractivity contribution in [3.05, 3.63) is 94.0 Å². The lowest BCUT2D eigenvalue weighted by molar-refractivity contribution is 0.0933. The Morgan fingerprint density at radius 1 is 0.897 bits per heavy atom. The molecular formula is C24H24Cl2N2O. The lowest BCUT2D eigenvalue weighted by atomic mass is 10.0. The maximum absolute atomic E-state index is 13.0. The second-order valence-electron chi connectivity index (χ2n) is 7.26. The zero-order valence-electron chi connectivity index (χ0n) is 16.5. The van der Waals surface area contributed by atoms with Crippen molar-refractivity contribution in [2.75, 3.05) is 20.6 Å². The van der Waals surface area contributed by atoms with Gasteiger partial charge in [-0.15, -0.1) is 0 Å². The molecule has 0 saturated carbocycles. The van der Waals surface area contributed by atoms with Gasteiger partial charge < -0.3 is 10.2 Å². The van der Waals surface area contributed by atoms with Crippen LogP contribution in [0, 0.1) is 0 Å². The molecule has 0 aliphatic rings. The number of amides is 1. The molecule has 3 aromatic carbocycles. The minimum Gasteiger partial charge on any atom is -0.345 e. The number of halogens is 2. The highest BCUT2D eigenvalue weighted by Crippen LogP contribution is 2.24. The minimum atomic E-state index is -0.0977. The van der Waals surface area contributed by atoms with E-state index >= 15 is 0 Å². The number of nitrogens with zero attached hydrogens (tertiary/aromatic N) is 1. The molecule has 0 aromatic heterocycles. The fourth-order valence-corrected chi connectivity index (χ4v) is 3.38. The van der Waals surface area contributed by atoms with Crippen molar-refractivity contribution >= 4 is 29.1 Å². The van der Waals surface area contributed by atoms with Gasteiger partial charge in [0.05, 0.1) is 6.04 Å². The molecular weight excluding hydrogens is 403 g/mol. The average molecular weight is 427 g/mol. The van der Waals surface area contributed by atoms with Gasteiger partial charge in [-0.1, -0.05) is 59.6 Å². The van der Waals surface area contributed by atoms with Gasteiger partial charge in [-0.05, 0) is 80.1 Å². The highest BCUT2D eigenvalue weighted by molar-refractivity contribution is 6.30. The molecule has 0 saturated heterocycles. The second kappa shape index (κ2) is 9.93. The van der Waals surface area contributed by atoms with E-state index in [-0.39, 0.29) is 11.9 Å². The minimum absolute atomic E-state index is 0.0960. The summed E-state index contributed by atoms with van der Waals surface area (Å²) in [7, 11) is 4.05. The van der Waals surface area contributed by atoms with Gasteiger partial charge in [0.2, 0.25) is 0 Å². The van der Waals surface area contributed by atoms with Crippen molar-refractivity contribution in [2.45, 2.75) is 12.5 Å². The molecule has 0 heterocycles. The van der Waals surface area contributed by atoms with E-state index in [4.69, 9.17) is 23.2 Å². The smallest absolute Gasteiger partial charge is 0.251 e. The molecule has 3 nitrogen and oxygen atoms in total. The fourth-order valence-electron chi connectivity index (χ4n) is 3.13. The van der Waals surface area contributed by atoms with E-state index < -0.39 is 0 Å². The van der Waals surface area contributed by atoms with Crippen molar-refractivity contribution in [3.8, 4) is 11.1 Å². The first-order valence-corrected chi connectivity index (χ1v) is 10.2. The molecule has 29 heavy (non-hydrogen) atoms. The maximum Gasteiger partial charge on any atom is 0.251 e. The molecule has 0 radical (unpaired) electrons. The van der Waals surface area contributed by atoms with Crippen LogP contribution < -0.4 is 5.32 Å². The van der Waals surface area contributed by atoms with Gasteiger partial charge in [0.25, 0.3) is 5.91 Å². The highest BCUT2D eigenvalue weighted by Gasteiger charge is 2.16. The number of carbonyl (C=O) groups is 1. The van der Waals surface area contributed by atoms with Crippen LogP contribution in [0.3, 0.4) is 0 Å². The topological polar surface area (TPSA) is 32.3 Å². The summed E-state index contributed by atoms with van der Waals surface area (Å²) in [5.41, 5.74) is 3.66.